The molecule has 0 spiro atoms. The van der Waals surface area contributed by atoms with Crippen molar-refractivity contribution in [3.63, 3.8) is 0 Å². The quantitative estimate of drug-likeness (QED) is 0.131. The van der Waals surface area contributed by atoms with E-state index in [0.29, 0.717) is 0 Å². The van der Waals surface area contributed by atoms with E-state index in [1.165, 1.54) is 41.5 Å². The maximum absolute atomic E-state index is 2.30. The first-order valence-corrected chi connectivity index (χ1v) is 21.3. The van der Waals surface area contributed by atoms with E-state index in [1.807, 2.05) is 0 Å². The van der Waals surface area contributed by atoms with Crippen LogP contribution in [0.2, 0.25) is 0 Å². The summed E-state index contributed by atoms with van der Waals surface area (Å²) < 4.78 is 0. The van der Waals surface area contributed by atoms with Crippen LogP contribution in [0.25, 0.3) is 0 Å². The molecule has 0 fully saturated rings. The normalized spacial score (nSPS) is 11.0. The molecule has 3 heteroatoms. The number of hydrogen-bond donors (Lipinski definition) is 0. The van der Waals surface area contributed by atoms with Crippen LogP contribution in [0.4, 0.5) is 0 Å². The summed E-state index contributed by atoms with van der Waals surface area (Å²) in [6, 6.07) is 88.0. The molecule has 0 aromatic heterocycles. The molecule has 8 aromatic carbocycles. The largest absolute Gasteiger partial charge is 0.179 e. The number of hydrogen-bond acceptors (Lipinski definition) is 0. The maximum atomic E-state index is 2.29. The van der Waals surface area contributed by atoms with Gasteiger partial charge in [-0.2, -0.15) is 0 Å². The molecule has 0 aliphatic carbocycles. The van der Waals surface area contributed by atoms with Crippen molar-refractivity contribution in [1.29, 1.82) is 0 Å². The van der Waals surface area contributed by atoms with Crippen molar-refractivity contribution in [2.24, 2.45) is 0 Å². The molecule has 0 aliphatic heterocycles. The van der Waals surface area contributed by atoms with Crippen molar-refractivity contribution < 1.29 is 17.4 Å². The second-order valence-electron chi connectivity index (χ2n) is 12.4. The van der Waals surface area contributed by atoms with Gasteiger partial charge in [-0.25, -0.2) is 0 Å². The Morgan fingerprint density at radius 2 is 0.255 bits per heavy atom. The molecule has 0 bridgehead atoms. The fourth-order valence-electron chi connectivity index (χ4n) is 7.51. The third-order valence-electron chi connectivity index (χ3n) is 9.65. The second kappa shape index (κ2) is 17.1. The third-order valence-corrected chi connectivity index (χ3v) is 19.2. The third kappa shape index (κ3) is 7.17. The molecular weight excluding hydrogens is 685 g/mol. The Morgan fingerprint density at radius 1 is 0.157 bits per heavy atom. The minimum absolute atomic E-state index is 0. The average Bonchev–Trinajstić information content (AvgIpc) is 3.22. The molecule has 8 aromatic rings. The first kappa shape index (κ1) is 35.5. The Labute approximate surface area is 315 Å². The summed E-state index contributed by atoms with van der Waals surface area (Å²) in [5.41, 5.74) is 0. The van der Waals surface area contributed by atoms with Crippen LogP contribution in [0.5, 0.6) is 0 Å². The number of benzene rings is 8. The zero-order valence-corrected chi connectivity index (χ0v) is 31.8. The van der Waals surface area contributed by atoms with Crippen LogP contribution >= 0.6 is 0 Å². The van der Waals surface area contributed by atoms with Crippen LogP contribution < -0.4 is 41.5 Å². The molecule has 0 radical (unpaired) electrons. The topological polar surface area (TPSA) is 0 Å². The van der Waals surface area contributed by atoms with E-state index in [1.54, 1.807) is 0 Å². The second-order valence-corrected chi connectivity index (χ2v) is 20.0. The zero-order valence-electron chi connectivity index (χ0n) is 28.5. The van der Waals surface area contributed by atoms with E-state index < -0.39 is 16.1 Å². The van der Waals surface area contributed by atoms with E-state index in [2.05, 4.69) is 243 Å². The fourth-order valence-corrected chi connectivity index (χ4v) is 17.0. The van der Waals surface area contributed by atoms with Gasteiger partial charge in [0.15, 0.2) is 16.1 Å². The predicted octanol–water partition coefficient (Wildman–Crippen LogP) is 6.13. The monoisotopic (exact) mass is 724 g/mol. The standard InChI is InChI=1S/2C24H20Si.Cr/c2*1-5-13-21(14-6-1)25(22-15-7-2-8-16-22,23-17-9-3-10-18-23)24-19-11-4-12-20-24;/h2*1-20H;. The molecule has 0 N–H and O–H groups in total. The van der Waals surface area contributed by atoms with Crippen molar-refractivity contribution in [1.82, 2.24) is 0 Å². The van der Waals surface area contributed by atoms with Crippen LogP contribution in [-0.2, 0) is 17.4 Å². The van der Waals surface area contributed by atoms with Crippen LogP contribution in [0, 0.1) is 0 Å². The zero-order chi connectivity index (χ0) is 33.9. The molecule has 0 unspecified atom stereocenters. The minimum Gasteiger partial charge on any atom is -0.0623 e. The van der Waals surface area contributed by atoms with Gasteiger partial charge in [-0.15, -0.1) is 0 Å². The van der Waals surface area contributed by atoms with Gasteiger partial charge >= 0.3 is 0 Å². The molecule has 0 nitrogen and oxygen atoms in total. The van der Waals surface area contributed by atoms with Gasteiger partial charge in [0.05, 0.1) is 0 Å². The first-order valence-electron chi connectivity index (χ1n) is 17.3. The summed E-state index contributed by atoms with van der Waals surface area (Å²) in [7, 11) is -4.60. The molecule has 0 amide bonds. The van der Waals surface area contributed by atoms with Crippen molar-refractivity contribution in [3.8, 4) is 0 Å². The molecule has 0 aliphatic rings. The van der Waals surface area contributed by atoms with Crippen molar-refractivity contribution >= 4 is 57.6 Å². The van der Waals surface area contributed by atoms with E-state index in [4.69, 9.17) is 0 Å². The summed E-state index contributed by atoms with van der Waals surface area (Å²) in [5.74, 6) is 0. The summed E-state index contributed by atoms with van der Waals surface area (Å²) in [6.07, 6.45) is 0. The summed E-state index contributed by atoms with van der Waals surface area (Å²) in [6.45, 7) is 0. The van der Waals surface area contributed by atoms with Crippen LogP contribution in [0.1, 0.15) is 0 Å². The Balaban J connectivity index is 0.000000172. The molecule has 51 heavy (non-hydrogen) atoms. The predicted molar refractivity (Wildman–Crippen MR) is 220 cm³/mol. The van der Waals surface area contributed by atoms with Gasteiger partial charge in [-0.05, 0) is 41.5 Å². The van der Waals surface area contributed by atoms with Crippen molar-refractivity contribution in [3.05, 3.63) is 243 Å². The van der Waals surface area contributed by atoms with Gasteiger partial charge < -0.3 is 0 Å². The molecule has 0 saturated heterocycles. The van der Waals surface area contributed by atoms with E-state index in [9.17, 15) is 0 Å². The van der Waals surface area contributed by atoms with Gasteiger partial charge in [-0.3, -0.25) is 0 Å². The van der Waals surface area contributed by atoms with Crippen molar-refractivity contribution in [2.45, 2.75) is 0 Å². The van der Waals surface area contributed by atoms with Crippen LogP contribution in [0.3, 0.4) is 0 Å². The minimum atomic E-state index is -2.30. The van der Waals surface area contributed by atoms with E-state index >= 15 is 0 Å². The Hall–Kier alpha value is -5.27. The van der Waals surface area contributed by atoms with E-state index in [0.717, 1.165) is 0 Å². The molecular formula is C48H40CrSi2. The Morgan fingerprint density at radius 3 is 0.353 bits per heavy atom. The van der Waals surface area contributed by atoms with Gasteiger partial charge in [0.1, 0.15) is 0 Å². The van der Waals surface area contributed by atoms with Gasteiger partial charge in [0.25, 0.3) is 0 Å². The number of rotatable bonds is 8. The van der Waals surface area contributed by atoms with Crippen LogP contribution in [0.15, 0.2) is 243 Å². The summed E-state index contributed by atoms with van der Waals surface area (Å²) in [4.78, 5) is 0. The maximum Gasteiger partial charge on any atom is 0.179 e. The van der Waals surface area contributed by atoms with E-state index in [-0.39, 0.29) is 17.4 Å². The SMILES string of the molecule is [Cr].c1ccc([Si](c2ccccc2)(c2ccccc2)c2ccccc2)cc1.c1ccc([Si](c2ccccc2)(c2ccccc2)c2ccccc2)cc1. The molecule has 0 saturated carbocycles. The van der Waals surface area contributed by atoms with Crippen molar-refractivity contribution in [2.75, 3.05) is 0 Å². The molecule has 246 valence electrons. The van der Waals surface area contributed by atoms with Gasteiger partial charge in [-0.1, -0.05) is 243 Å². The molecule has 0 atom stereocenters. The molecule has 8 rings (SSSR count). The Kier molecular flexibility index (Phi) is 11.9. The summed E-state index contributed by atoms with van der Waals surface area (Å²) in [5, 5.41) is 11.3. The Bertz CT molecular complexity index is 1680. The summed E-state index contributed by atoms with van der Waals surface area (Å²) >= 11 is 0. The average molecular weight is 725 g/mol. The molecule has 0 heterocycles. The van der Waals surface area contributed by atoms with Gasteiger partial charge in [0, 0.05) is 17.4 Å². The van der Waals surface area contributed by atoms with Gasteiger partial charge in [0.2, 0.25) is 0 Å². The van der Waals surface area contributed by atoms with Crippen LogP contribution in [-0.4, -0.2) is 16.1 Å². The fraction of sp³-hybridized carbons (Fsp3) is 0. The smallest absolute Gasteiger partial charge is 0.0623 e. The first-order chi connectivity index (χ1) is 24.8.